The Morgan fingerprint density at radius 2 is 1.90 bits per heavy atom. The van der Waals surface area contributed by atoms with Crippen molar-refractivity contribution in [2.75, 3.05) is 0 Å². The van der Waals surface area contributed by atoms with Gasteiger partial charge in [0.25, 0.3) is 0 Å². The molecule has 0 bridgehead atoms. The summed E-state index contributed by atoms with van der Waals surface area (Å²) in [6.07, 6.45) is 1.70. The average Bonchev–Trinajstić information content (AvgIpc) is 2.91. The minimum Gasteiger partial charge on any atom is -0.506 e. The van der Waals surface area contributed by atoms with E-state index in [1.807, 2.05) is 30.3 Å². The Bertz CT molecular complexity index is 896. The minimum absolute atomic E-state index is 0.165. The van der Waals surface area contributed by atoms with Crippen LogP contribution >= 0.6 is 0 Å². The Morgan fingerprint density at radius 1 is 0.950 bits per heavy atom. The van der Waals surface area contributed by atoms with E-state index in [0.717, 1.165) is 10.9 Å². The number of benzene rings is 1. The zero-order chi connectivity index (χ0) is 13.5. The number of H-pyrrole nitrogens is 1. The van der Waals surface area contributed by atoms with Crippen LogP contribution in [0.2, 0.25) is 0 Å². The standard InChI is InChI=1S/C15H10N4O/c20-12-5-1-3-9-6-7-11(17-13(9)12)15-18-10-4-2-8-16-14(10)19-15/h1-8,20H,(H,16,18,19). The maximum absolute atomic E-state index is 9.88. The Labute approximate surface area is 114 Å². The molecule has 0 saturated carbocycles. The Morgan fingerprint density at radius 3 is 2.80 bits per heavy atom. The van der Waals surface area contributed by atoms with Gasteiger partial charge in [0, 0.05) is 11.6 Å². The van der Waals surface area contributed by atoms with Crippen LogP contribution in [0.25, 0.3) is 33.6 Å². The number of nitrogens with zero attached hydrogens (tertiary/aromatic N) is 3. The van der Waals surface area contributed by atoms with Crippen molar-refractivity contribution < 1.29 is 5.11 Å². The largest absolute Gasteiger partial charge is 0.506 e. The van der Waals surface area contributed by atoms with E-state index in [2.05, 4.69) is 19.9 Å². The maximum atomic E-state index is 9.88. The van der Waals surface area contributed by atoms with Gasteiger partial charge in [-0.2, -0.15) is 0 Å². The van der Waals surface area contributed by atoms with Crippen LogP contribution in [0.5, 0.6) is 5.75 Å². The minimum atomic E-state index is 0.165. The van der Waals surface area contributed by atoms with Gasteiger partial charge >= 0.3 is 0 Å². The van der Waals surface area contributed by atoms with Crippen LogP contribution in [0.3, 0.4) is 0 Å². The van der Waals surface area contributed by atoms with E-state index in [9.17, 15) is 5.11 Å². The average molecular weight is 262 g/mol. The number of aromatic nitrogens is 4. The molecule has 0 atom stereocenters. The first kappa shape index (κ1) is 10.9. The molecule has 0 fully saturated rings. The number of fused-ring (bicyclic) bond motifs is 2. The summed E-state index contributed by atoms with van der Waals surface area (Å²) in [7, 11) is 0. The molecule has 20 heavy (non-hydrogen) atoms. The van der Waals surface area contributed by atoms with Crippen molar-refractivity contribution in [2.24, 2.45) is 0 Å². The molecular formula is C15H10N4O. The predicted molar refractivity (Wildman–Crippen MR) is 76.3 cm³/mol. The number of phenolic OH excluding ortho intramolecular Hbond substituents is 1. The normalized spacial score (nSPS) is 11.2. The zero-order valence-electron chi connectivity index (χ0n) is 10.4. The van der Waals surface area contributed by atoms with E-state index >= 15 is 0 Å². The molecule has 0 aliphatic rings. The van der Waals surface area contributed by atoms with Crippen molar-refractivity contribution in [3.05, 3.63) is 48.7 Å². The lowest BCUT2D eigenvalue weighted by Gasteiger charge is -2.02. The molecule has 5 heteroatoms. The molecule has 1 aromatic carbocycles. The summed E-state index contributed by atoms with van der Waals surface area (Å²) in [5.74, 6) is 0.808. The van der Waals surface area contributed by atoms with E-state index < -0.39 is 0 Å². The summed E-state index contributed by atoms with van der Waals surface area (Å²) < 4.78 is 0. The van der Waals surface area contributed by atoms with Gasteiger partial charge in [0.1, 0.15) is 17.0 Å². The Balaban J connectivity index is 1.95. The summed E-state index contributed by atoms with van der Waals surface area (Å²) >= 11 is 0. The van der Waals surface area contributed by atoms with Gasteiger partial charge in [-0.1, -0.05) is 18.2 Å². The molecule has 5 nitrogen and oxygen atoms in total. The number of hydrogen-bond donors (Lipinski definition) is 2. The number of aromatic amines is 1. The smallest absolute Gasteiger partial charge is 0.178 e. The monoisotopic (exact) mass is 262 g/mol. The molecule has 0 amide bonds. The first-order chi connectivity index (χ1) is 9.81. The van der Waals surface area contributed by atoms with Gasteiger partial charge in [-0.05, 0) is 24.3 Å². The second-order valence-electron chi connectivity index (χ2n) is 4.51. The van der Waals surface area contributed by atoms with E-state index in [1.54, 1.807) is 18.3 Å². The highest BCUT2D eigenvalue weighted by molar-refractivity contribution is 5.86. The van der Waals surface area contributed by atoms with Crippen LogP contribution in [0.4, 0.5) is 0 Å². The lowest BCUT2D eigenvalue weighted by atomic mass is 10.2. The number of para-hydroxylation sites is 1. The van der Waals surface area contributed by atoms with Gasteiger partial charge in [-0.25, -0.2) is 15.0 Å². The highest BCUT2D eigenvalue weighted by Gasteiger charge is 2.09. The summed E-state index contributed by atoms with van der Waals surface area (Å²) in [5, 5.41) is 10.8. The highest BCUT2D eigenvalue weighted by Crippen LogP contribution is 2.25. The number of nitrogens with one attached hydrogen (secondary N) is 1. The van der Waals surface area contributed by atoms with Crippen molar-refractivity contribution in [3.63, 3.8) is 0 Å². The third kappa shape index (κ3) is 1.60. The SMILES string of the molecule is Oc1cccc2ccc(-c3nc4ncccc4[nH]3)nc12. The van der Waals surface area contributed by atoms with E-state index in [0.29, 0.717) is 22.7 Å². The lowest BCUT2D eigenvalue weighted by Crippen LogP contribution is -1.87. The maximum Gasteiger partial charge on any atom is 0.178 e. The summed E-state index contributed by atoms with van der Waals surface area (Å²) in [5.41, 5.74) is 2.76. The van der Waals surface area contributed by atoms with Gasteiger partial charge in [0.05, 0.1) is 5.52 Å². The fraction of sp³-hybridized carbons (Fsp3) is 0. The topological polar surface area (TPSA) is 74.7 Å². The fourth-order valence-electron chi connectivity index (χ4n) is 2.23. The first-order valence-corrected chi connectivity index (χ1v) is 6.21. The molecule has 0 aliphatic heterocycles. The van der Waals surface area contributed by atoms with Crippen LogP contribution in [0.1, 0.15) is 0 Å². The van der Waals surface area contributed by atoms with Crippen LogP contribution in [0.15, 0.2) is 48.7 Å². The number of hydrogen-bond acceptors (Lipinski definition) is 4. The van der Waals surface area contributed by atoms with Crippen molar-refractivity contribution in [1.29, 1.82) is 0 Å². The molecule has 0 unspecified atom stereocenters. The summed E-state index contributed by atoms with van der Waals surface area (Å²) in [4.78, 5) is 16.2. The molecule has 0 spiro atoms. The van der Waals surface area contributed by atoms with Gasteiger partial charge in [-0.3, -0.25) is 0 Å². The highest BCUT2D eigenvalue weighted by atomic mass is 16.3. The molecule has 96 valence electrons. The second kappa shape index (κ2) is 4.03. The Hall–Kier alpha value is -2.95. The molecular weight excluding hydrogens is 252 g/mol. The third-order valence-corrected chi connectivity index (χ3v) is 3.20. The third-order valence-electron chi connectivity index (χ3n) is 3.20. The number of aromatic hydroxyl groups is 1. The molecule has 0 aliphatic carbocycles. The molecule has 0 saturated heterocycles. The van der Waals surface area contributed by atoms with Crippen molar-refractivity contribution in [2.45, 2.75) is 0 Å². The lowest BCUT2D eigenvalue weighted by molar-refractivity contribution is 0.480. The summed E-state index contributed by atoms with van der Waals surface area (Å²) in [6.45, 7) is 0. The number of pyridine rings is 2. The van der Waals surface area contributed by atoms with Crippen LogP contribution in [-0.2, 0) is 0 Å². The van der Waals surface area contributed by atoms with Crippen LogP contribution in [-0.4, -0.2) is 25.0 Å². The molecule has 3 heterocycles. The van der Waals surface area contributed by atoms with E-state index in [1.165, 1.54) is 0 Å². The van der Waals surface area contributed by atoms with Crippen LogP contribution < -0.4 is 0 Å². The van der Waals surface area contributed by atoms with E-state index in [4.69, 9.17) is 0 Å². The summed E-state index contributed by atoms with van der Waals surface area (Å²) in [6, 6.07) is 12.9. The van der Waals surface area contributed by atoms with Crippen molar-refractivity contribution in [3.8, 4) is 17.3 Å². The first-order valence-electron chi connectivity index (χ1n) is 6.21. The molecule has 4 aromatic rings. The molecule has 2 N–H and O–H groups in total. The van der Waals surface area contributed by atoms with Gasteiger partial charge < -0.3 is 10.1 Å². The quantitative estimate of drug-likeness (QED) is 0.553. The second-order valence-corrected chi connectivity index (χ2v) is 4.51. The number of phenols is 1. The van der Waals surface area contributed by atoms with Gasteiger partial charge in [-0.15, -0.1) is 0 Å². The predicted octanol–water partition coefficient (Wildman–Crippen LogP) is 2.88. The van der Waals surface area contributed by atoms with Crippen molar-refractivity contribution >= 4 is 22.1 Å². The molecule has 4 rings (SSSR count). The van der Waals surface area contributed by atoms with Crippen LogP contribution in [0, 0.1) is 0 Å². The van der Waals surface area contributed by atoms with E-state index in [-0.39, 0.29) is 5.75 Å². The molecule has 3 aromatic heterocycles. The Kier molecular flexibility index (Phi) is 2.20. The molecule has 0 radical (unpaired) electrons. The fourth-order valence-corrected chi connectivity index (χ4v) is 2.23. The van der Waals surface area contributed by atoms with Gasteiger partial charge in [0.2, 0.25) is 0 Å². The zero-order valence-corrected chi connectivity index (χ0v) is 10.4. The van der Waals surface area contributed by atoms with Gasteiger partial charge in [0.15, 0.2) is 11.5 Å². The number of imidazole rings is 1. The number of rotatable bonds is 1. The van der Waals surface area contributed by atoms with Crippen molar-refractivity contribution in [1.82, 2.24) is 19.9 Å².